The van der Waals surface area contributed by atoms with Crippen LogP contribution in [0.4, 0.5) is 17.1 Å². The van der Waals surface area contributed by atoms with E-state index in [1.807, 2.05) is 36.4 Å². The van der Waals surface area contributed by atoms with E-state index in [-0.39, 0.29) is 5.41 Å². The monoisotopic (exact) mass is 770 g/mol. The zero-order chi connectivity index (χ0) is 40.0. The summed E-state index contributed by atoms with van der Waals surface area (Å²) in [5.41, 5.74) is 17.2. The van der Waals surface area contributed by atoms with Crippen LogP contribution in [0.15, 0.2) is 203 Å². The average Bonchev–Trinajstić information content (AvgIpc) is 3.95. The minimum absolute atomic E-state index is 0.0780. The van der Waals surface area contributed by atoms with Crippen molar-refractivity contribution in [2.75, 3.05) is 4.90 Å². The van der Waals surface area contributed by atoms with Crippen molar-refractivity contribution in [2.45, 2.75) is 19.3 Å². The lowest BCUT2D eigenvalue weighted by Crippen LogP contribution is -2.15. The molecule has 0 amide bonds. The molecular formula is C56H38N2O2. The smallest absolute Gasteiger partial charge is 0.227 e. The van der Waals surface area contributed by atoms with Crippen LogP contribution in [0.1, 0.15) is 25.0 Å². The molecule has 0 saturated heterocycles. The molecule has 0 aliphatic heterocycles. The lowest BCUT2D eigenvalue weighted by atomic mass is 9.82. The standard InChI is InChI=1S/C56H38N2O2/c1-56(2)48-21-10-8-18-43(48)45-32-40(28-29-49(45)56)58(51-22-11-9-19-44(51)42-20-12-16-36-13-6-7-17-41(36)42)39-26-23-35(24-27-39)38-25-30-52-46(31-38)47-33-50-54(34-53(47)59-52)60-55(57-50)37-14-4-3-5-15-37/h3-34H,1-2H3. The van der Waals surface area contributed by atoms with E-state index >= 15 is 0 Å². The van der Waals surface area contributed by atoms with Crippen molar-refractivity contribution < 1.29 is 8.83 Å². The van der Waals surface area contributed by atoms with Gasteiger partial charge < -0.3 is 13.7 Å². The van der Waals surface area contributed by atoms with Crippen LogP contribution in [0.3, 0.4) is 0 Å². The number of aromatic nitrogens is 1. The van der Waals surface area contributed by atoms with Crippen molar-refractivity contribution in [3.8, 4) is 44.8 Å². The number of para-hydroxylation sites is 1. The summed E-state index contributed by atoms with van der Waals surface area (Å²) < 4.78 is 12.5. The molecule has 0 spiro atoms. The summed E-state index contributed by atoms with van der Waals surface area (Å²) in [4.78, 5) is 7.27. The molecule has 0 radical (unpaired) electrons. The predicted octanol–water partition coefficient (Wildman–Crippen LogP) is 15.7. The first-order chi connectivity index (χ1) is 29.5. The van der Waals surface area contributed by atoms with E-state index in [9.17, 15) is 0 Å². The molecule has 60 heavy (non-hydrogen) atoms. The number of rotatable bonds is 6. The minimum atomic E-state index is -0.0780. The highest BCUT2D eigenvalue weighted by molar-refractivity contribution is 6.10. The molecule has 4 heteroatoms. The molecule has 284 valence electrons. The molecule has 0 fully saturated rings. The summed E-state index contributed by atoms with van der Waals surface area (Å²) in [6.45, 7) is 4.67. The lowest BCUT2D eigenvalue weighted by Gasteiger charge is -2.29. The summed E-state index contributed by atoms with van der Waals surface area (Å²) in [6.07, 6.45) is 0. The minimum Gasteiger partial charge on any atom is -0.456 e. The number of hydrogen-bond acceptors (Lipinski definition) is 4. The SMILES string of the molecule is CC1(C)c2ccccc2-c2cc(N(c3ccc(-c4ccc5oc6cc7oc(-c8ccccc8)nc7cc6c5c4)cc3)c3ccccc3-c3cccc4ccccc34)ccc21. The zero-order valence-corrected chi connectivity index (χ0v) is 33.2. The third-order valence-corrected chi connectivity index (χ3v) is 12.5. The van der Waals surface area contributed by atoms with Crippen molar-refractivity contribution in [2.24, 2.45) is 0 Å². The number of furan rings is 1. The van der Waals surface area contributed by atoms with Gasteiger partial charge in [-0.05, 0) is 110 Å². The van der Waals surface area contributed by atoms with Gasteiger partial charge in [0, 0.05) is 44.8 Å². The van der Waals surface area contributed by atoms with E-state index in [4.69, 9.17) is 13.8 Å². The summed E-state index contributed by atoms with van der Waals surface area (Å²) in [5, 5.41) is 4.52. The van der Waals surface area contributed by atoms with E-state index in [0.29, 0.717) is 11.5 Å². The molecule has 0 unspecified atom stereocenters. The Balaban J connectivity index is 0.984. The number of benzene rings is 9. The third kappa shape index (κ3) is 5.34. The predicted molar refractivity (Wildman–Crippen MR) is 247 cm³/mol. The highest BCUT2D eigenvalue weighted by atomic mass is 16.4. The molecule has 0 bridgehead atoms. The van der Waals surface area contributed by atoms with Crippen molar-refractivity contribution in [1.82, 2.24) is 4.98 Å². The maximum atomic E-state index is 6.36. The van der Waals surface area contributed by atoms with Gasteiger partial charge in [0.25, 0.3) is 0 Å². The van der Waals surface area contributed by atoms with Gasteiger partial charge in [0.15, 0.2) is 5.58 Å². The summed E-state index contributed by atoms with van der Waals surface area (Å²) in [7, 11) is 0. The zero-order valence-electron chi connectivity index (χ0n) is 33.2. The largest absolute Gasteiger partial charge is 0.456 e. The van der Waals surface area contributed by atoms with Gasteiger partial charge in [-0.15, -0.1) is 0 Å². The molecule has 2 heterocycles. The van der Waals surface area contributed by atoms with E-state index in [2.05, 4.69) is 176 Å². The van der Waals surface area contributed by atoms with Gasteiger partial charge in [-0.25, -0.2) is 4.98 Å². The van der Waals surface area contributed by atoms with Gasteiger partial charge in [0.05, 0.1) is 5.69 Å². The summed E-state index contributed by atoms with van der Waals surface area (Å²) >= 11 is 0. The Morgan fingerprint density at radius 3 is 1.98 bits per heavy atom. The highest BCUT2D eigenvalue weighted by Gasteiger charge is 2.35. The van der Waals surface area contributed by atoms with Gasteiger partial charge in [0.2, 0.25) is 5.89 Å². The van der Waals surface area contributed by atoms with E-state index in [1.54, 1.807) is 0 Å². The van der Waals surface area contributed by atoms with Gasteiger partial charge in [-0.1, -0.05) is 141 Å². The van der Waals surface area contributed by atoms with E-state index < -0.39 is 0 Å². The first-order valence-corrected chi connectivity index (χ1v) is 20.5. The molecule has 1 aliphatic rings. The first-order valence-electron chi connectivity index (χ1n) is 20.5. The second kappa shape index (κ2) is 13.2. The molecule has 1 aliphatic carbocycles. The molecule has 9 aromatic carbocycles. The Bertz CT molecular complexity index is 3460. The van der Waals surface area contributed by atoms with Crippen LogP contribution < -0.4 is 4.90 Å². The average molecular weight is 771 g/mol. The first kappa shape index (κ1) is 34.4. The molecule has 4 nitrogen and oxygen atoms in total. The normalized spacial score (nSPS) is 13.0. The molecular weight excluding hydrogens is 733 g/mol. The number of oxazole rings is 1. The molecule has 11 aromatic rings. The Morgan fingerprint density at radius 2 is 1.10 bits per heavy atom. The molecule has 0 atom stereocenters. The van der Waals surface area contributed by atoms with Crippen LogP contribution in [0.25, 0.3) is 88.6 Å². The summed E-state index contributed by atoms with van der Waals surface area (Å²) in [5.74, 6) is 0.602. The molecule has 12 rings (SSSR count). The number of fused-ring (bicyclic) bond motifs is 8. The Labute approximate surface area is 347 Å². The quantitative estimate of drug-likeness (QED) is 0.169. The van der Waals surface area contributed by atoms with E-state index in [1.165, 1.54) is 44.2 Å². The molecule has 0 saturated carbocycles. The van der Waals surface area contributed by atoms with Crippen molar-refractivity contribution in [1.29, 1.82) is 0 Å². The van der Waals surface area contributed by atoms with Crippen LogP contribution >= 0.6 is 0 Å². The number of hydrogen-bond donors (Lipinski definition) is 0. The van der Waals surface area contributed by atoms with Crippen molar-refractivity contribution >= 4 is 60.9 Å². The second-order valence-corrected chi connectivity index (χ2v) is 16.3. The second-order valence-electron chi connectivity index (χ2n) is 16.3. The number of anilines is 3. The van der Waals surface area contributed by atoms with Crippen LogP contribution in [0, 0.1) is 0 Å². The topological polar surface area (TPSA) is 42.4 Å². The van der Waals surface area contributed by atoms with Gasteiger partial charge in [0.1, 0.15) is 16.7 Å². The fourth-order valence-corrected chi connectivity index (χ4v) is 9.52. The number of nitrogens with zero attached hydrogens (tertiary/aromatic N) is 2. The molecule has 0 N–H and O–H groups in total. The van der Waals surface area contributed by atoms with Crippen molar-refractivity contribution in [3.63, 3.8) is 0 Å². The Morgan fingerprint density at radius 1 is 0.417 bits per heavy atom. The van der Waals surface area contributed by atoms with Gasteiger partial charge in [-0.2, -0.15) is 0 Å². The van der Waals surface area contributed by atoms with Crippen LogP contribution in [-0.2, 0) is 5.41 Å². The van der Waals surface area contributed by atoms with E-state index in [0.717, 1.165) is 61.2 Å². The van der Waals surface area contributed by atoms with Crippen LogP contribution in [0.5, 0.6) is 0 Å². The lowest BCUT2D eigenvalue weighted by molar-refractivity contribution is 0.617. The Hall–Kier alpha value is -7.69. The van der Waals surface area contributed by atoms with Crippen molar-refractivity contribution in [3.05, 3.63) is 205 Å². The summed E-state index contributed by atoms with van der Waals surface area (Å²) in [6, 6.07) is 69.4. The fraction of sp³-hybridized carbons (Fsp3) is 0.0536. The maximum absolute atomic E-state index is 6.36. The highest BCUT2D eigenvalue weighted by Crippen LogP contribution is 2.51. The molecule has 2 aromatic heterocycles. The van der Waals surface area contributed by atoms with Gasteiger partial charge in [-0.3, -0.25) is 0 Å². The Kier molecular flexibility index (Phi) is 7.54. The third-order valence-electron chi connectivity index (χ3n) is 12.5. The maximum Gasteiger partial charge on any atom is 0.227 e. The fourth-order valence-electron chi connectivity index (χ4n) is 9.52. The van der Waals surface area contributed by atoms with Crippen LogP contribution in [-0.4, -0.2) is 4.98 Å². The van der Waals surface area contributed by atoms with Gasteiger partial charge >= 0.3 is 0 Å². The van der Waals surface area contributed by atoms with Crippen LogP contribution in [0.2, 0.25) is 0 Å².